The van der Waals surface area contributed by atoms with Gasteiger partial charge in [-0.2, -0.15) is 0 Å². The Bertz CT molecular complexity index is 1900. The number of rotatable bonds is 7. The second-order valence-corrected chi connectivity index (χ2v) is 12.4. The van der Waals surface area contributed by atoms with Crippen LogP contribution in [-0.2, 0) is 30.8 Å². The van der Waals surface area contributed by atoms with Crippen LogP contribution in [-0.4, -0.2) is 15.9 Å². The topological polar surface area (TPSA) is 50.2 Å². The molecule has 1 aliphatic rings. The monoisotopic (exact) mass is 785 g/mol. The van der Waals surface area contributed by atoms with E-state index in [1.165, 1.54) is 12.1 Å². The van der Waals surface area contributed by atoms with Crippen molar-refractivity contribution in [2.24, 2.45) is 10.8 Å². The normalized spacial score (nSPS) is 14.0. The number of fused-ring (bicyclic) bond motifs is 6. The van der Waals surface area contributed by atoms with E-state index in [-0.39, 0.29) is 53.6 Å². The minimum absolute atomic E-state index is 0. The van der Waals surface area contributed by atoms with Gasteiger partial charge in [0.1, 0.15) is 5.76 Å². The Labute approximate surface area is 278 Å². The Hall–Kier alpha value is -3.47. The number of pyridine rings is 1. The van der Waals surface area contributed by atoms with Gasteiger partial charge in [-0.15, -0.1) is 29.8 Å². The van der Waals surface area contributed by atoms with Crippen LogP contribution in [0.2, 0.25) is 0 Å². The van der Waals surface area contributed by atoms with Crippen molar-refractivity contribution in [2.75, 3.05) is 0 Å². The van der Waals surface area contributed by atoms with Crippen molar-refractivity contribution in [3.8, 4) is 11.3 Å². The Morgan fingerprint density at radius 1 is 0.844 bits per heavy atom. The minimum atomic E-state index is -3.09. The number of hydrogen-bond acceptors (Lipinski definition) is 3. The molecule has 45 heavy (non-hydrogen) atoms. The predicted molar refractivity (Wildman–Crippen MR) is 177 cm³/mol. The molecule has 3 nitrogen and oxygen atoms in total. The van der Waals surface area contributed by atoms with E-state index in [0.29, 0.717) is 16.6 Å². The SMILES string of the molecule is CCC(C)(CC)C(=O)/C=C(\O)C(C)(CC)CC.FC1(F)c2ccc[c-]c2-c2nccc3c2c1cc1c2ccccc2ccc31.[Ir]. The summed E-state index contributed by atoms with van der Waals surface area (Å²) in [7, 11) is 0. The van der Waals surface area contributed by atoms with E-state index in [9.17, 15) is 9.90 Å². The summed E-state index contributed by atoms with van der Waals surface area (Å²) in [5, 5.41) is 15.3. The summed E-state index contributed by atoms with van der Waals surface area (Å²) in [6, 6.07) is 23.2. The number of nitrogens with zero attached hydrogens (tertiary/aromatic N) is 1. The van der Waals surface area contributed by atoms with Gasteiger partial charge >= 0.3 is 0 Å². The van der Waals surface area contributed by atoms with Crippen molar-refractivity contribution in [3.63, 3.8) is 0 Å². The summed E-state index contributed by atoms with van der Waals surface area (Å²) in [6.07, 6.45) is 6.45. The zero-order valence-corrected chi connectivity index (χ0v) is 29.1. The van der Waals surface area contributed by atoms with Crippen LogP contribution in [0.15, 0.2) is 84.8 Å². The van der Waals surface area contributed by atoms with Gasteiger partial charge in [0.15, 0.2) is 5.78 Å². The number of benzene rings is 4. The fraction of sp³-hybridized carbons (Fsp3) is 0.333. The average molecular weight is 785 g/mol. The van der Waals surface area contributed by atoms with Gasteiger partial charge in [-0.3, -0.25) is 4.79 Å². The third-order valence-corrected chi connectivity index (χ3v) is 10.1. The van der Waals surface area contributed by atoms with Crippen molar-refractivity contribution in [2.45, 2.75) is 73.1 Å². The number of halogens is 2. The molecule has 0 spiro atoms. The Morgan fingerprint density at radius 3 is 2.18 bits per heavy atom. The summed E-state index contributed by atoms with van der Waals surface area (Å²) in [5.74, 6) is -2.80. The molecule has 0 aliphatic heterocycles. The summed E-state index contributed by atoms with van der Waals surface area (Å²) in [4.78, 5) is 16.6. The molecule has 1 N–H and O–H groups in total. The Balaban J connectivity index is 0.000000226. The number of aromatic nitrogens is 1. The van der Waals surface area contributed by atoms with E-state index in [1.807, 2.05) is 84.0 Å². The van der Waals surface area contributed by atoms with Crippen LogP contribution in [0.25, 0.3) is 43.6 Å². The first-order chi connectivity index (χ1) is 21.0. The third kappa shape index (κ3) is 5.84. The number of allylic oxidation sites excluding steroid dienone is 2. The van der Waals surface area contributed by atoms with Gasteiger partial charge in [0.05, 0.1) is 0 Å². The van der Waals surface area contributed by atoms with Crippen LogP contribution in [0.3, 0.4) is 0 Å². The van der Waals surface area contributed by atoms with Gasteiger partial charge in [0.2, 0.25) is 0 Å². The number of carbonyl (C=O) groups is 1. The van der Waals surface area contributed by atoms with Crippen LogP contribution in [0.1, 0.15) is 78.4 Å². The van der Waals surface area contributed by atoms with Crippen LogP contribution in [0.5, 0.6) is 0 Å². The molecule has 1 heterocycles. The number of hydrogen-bond donors (Lipinski definition) is 1. The molecule has 0 bridgehead atoms. The van der Waals surface area contributed by atoms with Gasteiger partial charge in [-0.1, -0.05) is 83.5 Å². The van der Waals surface area contributed by atoms with Crippen molar-refractivity contribution in [3.05, 3.63) is 102 Å². The molecule has 0 atom stereocenters. The maximum atomic E-state index is 15.5. The maximum absolute atomic E-state index is 15.5. The molecule has 0 saturated carbocycles. The molecule has 5 aromatic rings. The first-order valence-electron chi connectivity index (χ1n) is 15.5. The van der Waals surface area contributed by atoms with Crippen molar-refractivity contribution >= 4 is 38.1 Å². The predicted octanol–water partition coefficient (Wildman–Crippen LogP) is 11.1. The molecule has 0 saturated heterocycles. The number of aliphatic hydroxyl groups excluding tert-OH is 1. The quantitative estimate of drug-likeness (QED) is 0.0774. The molecule has 1 aromatic heterocycles. The Kier molecular flexibility index (Phi) is 10.0. The molecule has 0 amide bonds. The van der Waals surface area contributed by atoms with E-state index in [0.717, 1.165) is 52.6 Å². The van der Waals surface area contributed by atoms with Gasteiger partial charge in [0.25, 0.3) is 5.92 Å². The standard InChI is InChI=1S/C24H12F2N.C15H28O2.Ir/c25-24(26)20-8-4-3-7-18(20)23-22-17(11-12-27-23)16-10-9-14-5-1-2-6-15(14)19(16)13-21(22)24;1-7-14(5,8-2)12(16)11-13(17)15(6,9-3)10-4;/h1-6,8-13H;11,16H,7-10H2,1-6H3;/q-1;;/b;12-11-;. The smallest absolute Gasteiger partial charge is 0.267 e. The summed E-state index contributed by atoms with van der Waals surface area (Å²) in [5.41, 5.74) is 0.363. The first kappa shape index (κ1) is 34.4. The van der Waals surface area contributed by atoms with Crippen LogP contribution < -0.4 is 0 Å². The van der Waals surface area contributed by atoms with E-state index >= 15 is 8.78 Å². The van der Waals surface area contributed by atoms with Crippen LogP contribution in [0.4, 0.5) is 8.78 Å². The van der Waals surface area contributed by atoms with Crippen molar-refractivity contribution < 1.29 is 38.8 Å². The average Bonchev–Trinajstić information content (AvgIpc) is 3.06. The van der Waals surface area contributed by atoms with Crippen molar-refractivity contribution in [1.82, 2.24) is 4.98 Å². The van der Waals surface area contributed by atoms with E-state index < -0.39 is 5.92 Å². The van der Waals surface area contributed by atoms with Gasteiger partial charge in [-0.05, 0) is 75.8 Å². The molecule has 0 unspecified atom stereocenters. The van der Waals surface area contributed by atoms with Gasteiger partial charge < -0.3 is 10.1 Å². The van der Waals surface area contributed by atoms with Crippen molar-refractivity contribution in [1.29, 1.82) is 0 Å². The number of carbonyl (C=O) groups excluding carboxylic acids is 1. The first-order valence-corrected chi connectivity index (χ1v) is 15.5. The number of ketones is 1. The van der Waals surface area contributed by atoms with Crippen LogP contribution in [0, 0.1) is 16.9 Å². The fourth-order valence-corrected chi connectivity index (χ4v) is 6.02. The largest absolute Gasteiger partial charge is 0.512 e. The minimum Gasteiger partial charge on any atom is -0.512 e. The van der Waals surface area contributed by atoms with Gasteiger partial charge in [0, 0.05) is 48.8 Å². The zero-order valence-electron chi connectivity index (χ0n) is 26.7. The Morgan fingerprint density at radius 2 is 1.51 bits per heavy atom. The summed E-state index contributed by atoms with van der Waals surface area (Å²) >= 11 is 0. The fourth-order valence-electron chi connectivity index (χ4n) is 6.02. The van der Waals surface area contributed by atoms with E-state index in [1.54, 1.807) is 24.4 Å². The molecule has 0 fully saturated rings. The molecular weight excluding hydrogens is 745 g/mol. The molecule has 6 heteroatoms. The molecular formula is C39H40F2IrNO2-. The molecule has 6 rings (SSSR count). The number of aliphatic hydroxyl groups is 1. The molecule has 1 radical (unpaired) electrons. The summed E-state index contributed by atoms with van der Waals surface area (Å²) in [6.45, 7) is 12.1. The second kappa shape index (κ2) is 13.1. The second-order valence-electron chi connectivity index (χ2n) is 12.4. The van der Waals surface area contributed by atoms with E-state index in [4.69, 9.17) is 0 Å². The van der Waals surface area contributed by atoms with E-state index in [2.05, 4.69) is 11.1 Å². The number of alkyl halides is 2. The zero-order chi connectivity index (χ0) is 31.9. The molecule has 237 valence electrons. The molecule has 4 aromatic carbocycles. The van der Waals surface area contributed by atoms with Crippen LogP contribution >= 0.6 is 0 Å². The molecule has 1 aliphatic carbocycles. The third-order valence-electron chi connectivity index (χ3n) is 10.1. The summed E-state index contributed by atoms with van der Waals surface area (Å²) < 4.78 is 31.1. The maximum Gasteiger partial charge on any atom is 0.267 e. The van der Waals surface area contributed by atoms with Gasteiger partial charge in [-0.25, -0.2) is 8.78 Å².